The molecule has 2 heterocycles. The highest BCUT2D eigenvalue weighted by Gasteiger charge is 2.40. The van der Waals surface area contributed by atoms with Crippen molar-refractivity contribution >= 4 is 34.4 Å². The molecule has 0 atom stereocenters. The number of rotatable bonds is 5. The molecule has 0 aliphatic carbocycles. The van der Waals surface area contributed by atoms with E-state index in [0.717, 1.165) is 6.08 Å². The van der Waals surface area contributed by atoms with Crippen molar-refractivity contribution in [2.24, 2.45) is 0 Å². The van der Waals surface area contributed by atoms with Gasteiger partial charge in [0.15, 0.2) is 10.8 Å². The number of furan rings is 1. The van der Waals surface area contributed by atoms with Crippen molar-refractivity contribution in [3.63, 3.8) is 0 Å². The van der Waals surface area contributed by atoms with Crippen molar-refractivity contribution in [3.8, 4) is 0 Å². The van der Waals surface area contributed by atoms with Crippen molar-refractivity contribution in [3.05, 3.63) is 40.8 Å². The quantitative estimate of drug-likeness (QED) is 0.651. The number of carbonyl (C=O) groups is 2. The molecule has 2 aromatic rings. The fraction of sp³-hybridized carbons (Fsp3) is 0.214. The van der Waals surface area contributed by atoms with E-state index >= 15 is 0 Å². The van der Waals surface area contributed by atoms with E-state index in [2.05, 4.69) is 15.0 Å². The molecule has 0 spiro atoms. The monoisotopic (exact) mass is 360 g/mol. The predicted octanol–water partition coefficient (Wildman–Crippen LogP) is 3.58. The Morgan fingerprint density at radius 1 is 1.46 bits per heavy atom. The lowest BCUT2D eigenvalue weighted by Crippen LogP contribution is -2.14. The van der Waals surface area contributed by atoms with E-state index in [9.17, 15) is 22.8 Å². The van der Waals surface area contributed by atoms with E-state index in [1.165, 1.54) is 19.3 Å². The maximum Gasteiger partial charge on any atom is 0.435 e. The van der Waals surface area contributed by atoms with Gasteiger partial charge >= 0.3 is 12.1 Å². The van der Waals surface area contributed by atoms with Crippen LogP contribution in [0.3, 0.4) is 0 Å². The van der Waals surface area contributed by atoms with Gasteiger partial charge in [-0.05, 0) is 25.1 Å². The van der Waals surface area contributed by atoms with Crippen LogP contribution in [0.5, 0.6) is 0 Å². The molecule has 0 saturated carbocycles. The highest BCUT2D eigenvalue weighted by Crippen LogP contribution is 2.36. The van der Waals surface area contributed by atoms with Gasteiger partial charge in [0.25, 0.3) is 0 Å². The summed E-state index contributed by atoms with van der Waals surface area (Å²) in [6.07, 6.45) is -1.04. The van der Waals surface area contributed by atoms with Gasteiger partial charge in [-0.1, -0.05) is 11.3 Å². The highest BCUT2D eigenvalue weighted by molar-refractivity contribution is 7.17. The summed E-state index contributed by atoms with van der Waals surface area (Å²) in [5.74, 6) is -1.47. The predicted molar refractivity (Wildman–Crippen MR) is 79.4 cm³/mol. The third-order valence-electron chi connectivity index (χ3n) is 2.53. The van der Waals surface area contributed by atoms with Crippen molar-refractivity contribution < 1.29 is 31.9 Å². The van der Waals surface area contributed by atoms with E-state index in [1.54, 1.807) is 12.1 Å². The first-order chi connectivity index (χ1) is 11.3. The molecule has 24 heavy (non-hydrogen) atoms. The smallest absolute Gasteiger partial charge is 0.435 e. The Bertz CT molecular complexity index is 751. The SMILES string of the molecule is CCOC(=O)c1sc(NC(=O)/C=C/c2ccco2)nc1C(F)(F)F. The Hall–Kier alpha value is -2.62. The third-order valence-corrected chi connectivity index (χ3v) is 3.48. The molecule has 10 heteroatoms. The lowest BCUT2D eigenvalue weighted by molar-refractivity contribution is -0.141. The van der Waals surface area contributed by atoms with Gasteiger partial charge in [-0.3, -0.25) is 10.1 Å². The van der Waals surface area contributed by atoms with Crippen LogP contribution in [0, 0.1) is 0 Å². The standard InChI is InChI=1S/C14H11F3N2O4S/c1-2-22-12(21)10-11(14(15,16)17)19-13(24-10)18-9(20)6-5-8-4-3-7-23-8/h3-7H,2H2,1H3,(H,18,19,20)/b6-5+. The molecule has 1 amide bonds. The fourth-order valence-electron chi connectivity index (χ4n) is 1.59. The van der Waals surface area contributed by atoms with Crippen LogP contribution in [-0.2, 0) is 15.7 Å². The number of alkyl halides is 3. The zero-order valence-corrected chi connectivity index (χ0v) is 13.0. The average Bonchev–Trinajstić information content (AvgIpc) is 3.14. The maximum atomic E-state index is 12.9. The van der Waals surface area contributed by atoms with Crippen LogP contribution in [0.1, 0.15) is 28.0 Å². The molecular weight excluding hydrogens is 349 g/mol. The number of esters is 1. The van der Waals surface area contributed by atoms with Crippen molar-refractivity contribution in [2.45, 2.75) is 13.1 Å². The first-order valence-electron chi connectivity index (χ1n) is 6.59. The maximum absolute atomic E-state index is 12.9. The van der Waals surface area contributed by atoms with Crippen LogP contribution in [0.4, 0.5) is 18.3 Å². The molecule has 1 N–H and O–H groups in total. The minimum absolute atomic E-state index is 0.0817. The molecular formula is C14H11F3N2O4S. The Kier molecular flexibility index (Phi) is 5.39. The van der Waals surface area contributed by atoms with Crippen LogP contribution in [-0.4, -0.2) is 23.5 Å². The molecule has 0 aliphatic heterocycles. The second kappa shape index (κ2) is 7.30. The number of hydrogen-bond donors (Lipinski definition) is 1. The first-order valence-corrected chi connectivity index (χ1v) is 7.40. The number of nitrogens with zero attached hydrogens (tertiary/aromatic N) is 1. The van der Waals surface area contributed by atoms with Crippen LogP contribution >= 0.6 is 11.3 Å². The number of amides is 1. The van der Waals surface area contributed by atoms with Gasteiger partial charge in [0, 0.05) is 6.08 Å². The van der Waals surface area contributed by atoms with Gasteiger partial charge in [0.2, 0.25) is 5.91 Å². The van der Waals surface area contributed by atoms with Crippen molar-refractivity contribution in [2.75, 3.05) is 11.9 Å². The molecule has 0 aliphatic rings. The van der Waals surface area contributed by atoms with Gasteiger partial charge in [0.05, 0.1) is 12.9 Å². The molecule has 2 aromatic heterocycles. The second-order valence-electron chi connectivity index (χ2n) is 4.25. The Morgan fingerprint density at radius 2 is 2.21 bits per heavy atom. The molecule has 0 saturated heterocycles. The number of aromatic nitrogens is 1. The Morgan fingerprint density at radius 3 is 2.79 bits per heavy atom. The van der Waals surface area contributed by atoms with Crippen LogP contribution < -0.4 is 5.32 Å². The number of carbonyl (C=O) groups excluding carboxylic acids is 2. The van der Waals surface area contributed by atoms with Gasteiger partial charge in [0.1, 0.15) is 10.6 Å². The molecule has 2 rings (SSSR count). The van der Waals surface area contributed by atoms with E-state index in [4.69, 9.17) is 4.42 Å². The number of anilines is 1. The normalized spacial score (nSPS) is 11.7. The Labute approximate surface area is 137 Å². The lowest BCUT2D eigenvalue weighted by Gasteiger charge is -2.04. The van der Waals surface area contributed by atoms with Crippen LogP contribution in [0.15, 0.2) is 28.9 Å². The fourth-order valence-corrected chi connectivity index (χ4v) is 2.47. The van der Waals surface area contributed by atoms with Crippen LogP contribution in [0.25, 0.3) is 6.08 Å². The van der Waals surface area contributed by atoms with Crippen molar-refractivity contribution in [1.29, 1.82) is 0 Å². The number of halogens is 3. The molecule has 0 bridgehead atoms. The second-order valence-corrected chi connectivity index (χ2v) is 5.25. The summed E-state index contributed by atoms with van der Waals surface area (Å²) in [6, 6.07) is 3.20. The number of nitrogens with one attached hydrogen (secondary N) is 1. The summed E-state index contributed by atoms with van der Waals surface area (Å²) in [4.78, 5) is 25.9. The summed E-state index contributed by atoms with van der Waals surface area (Å²) >= 11 is 0.391. The minimum atomic E-state index is -4.84. The van der Waals surface area contributed by atoms with E-state index in [-0.39, 0.29) is 11.7 Å². The van der Waals surface area contributed by atoms with Crippen molar-refractivity contribution in [1.82, 2.24) is 4.98 Å². The summed E-state index contributed by atoms with van der Waals surface area (Å²) < 4.78 is 48.3. The molecule has 6 nitrogen and oxygen atoms in total. The third kappa shape index (κ3) is 4.44. The number of hydrogen-bond acceptors (Lipinski definition) is 6. The molecule has 0 fully saturated rings. The van der Waals surface area contributed by atoms with Crippen LogP contribution in [0.2, 0.25) is 0 Å². The lowest BCUT2D eigenvalue weighted by atomic mass is 10.3. The Balaban J connectivity index is 2.18. The average molecular weight is 360 g/mol. The number of ether oxygens (including phenoxy) is 1. The molecule has 0 aromatic carbocycles. The summed E-state index contributed by atoms with van der Waals surface area (Å²) in [5.41, 5.74) is -1.39. The van der Waals surface area contributed by atoms with Gasteiger partial charge < -0.3 is 9.15 Å². The zero-order chi connectivity index (χ0) is 17.7. The zero-order valence-electron chi connectivity index (χ0n) is 12.2. The van der Waals surface area contributed by atoms with E-state index in [1.807, 2.05) is 0 Å². The topological polar surface area (TPSA) is 81.4 Å². The molecule has 0 unspecified atom stereocenters. The summed E-state index contributed by atoms with van der Waals surface area (Å²) in [7, 11) is 0. The summed E-state index contributed by atoms with van der Waals surface area (Å²) in [5, 5.41) is 1.80. The van der Waals surface area contributed by atoms with Gasteiger partial charge in [-0.15, -0.1) is 0 Å². The van der Waals surface area contributed by atoms with Gasteiger partial charge in [-0.2, -0.15) is 13.2 Å². The summed E-state index contributed by atoms with van der Waals surface area (Å²) in [6.45, 7) is 1.38. The highest BCUT2D eigenvalue weighted by atomic mass is 32.1. The minimum Gasteiger partial charge on any atom is -0.465 e. The molecule has 0 radical (unpaired) electrons. The largest absolute Gasteiger partial charge is 0.465 e. The van der Waals surface area contributed by atoms with E-state index in [0.29, 0.717) is 17.1 Å². The van der Waals surface area contributed by atoms with E-state index < -0.39 is 28.6 Å². The molecule has 128 valence electrons. The first kappa shape index (κ1) is 17.7. The number of thiazole rings is 1. The van der Waals surface area contributed by atoms with Gasteiger partial charge in [-0.25, -0.2) is 9.78 Å².